The second-order valence-electron chi connectivity index (χ2n) is 7.19. The smallest absolute Gasteiger partial charge is 0.343 e. The number of nitriles is 1. The number of benzene rings is 1. The Balaban J connectivity index is 2.01. The van der Waals surface area contributed by atoms with E-state index in [1.165, 1.54) is 13.2 Å². The molecule has 4 N–H and O–H groups in total. The lowest BCUT2D eigenvalue weighted by atomic mass is 9.91. The molecule has 2 aromatic rings. The van der Waals surface area contributed by atoms with E-state index in [1.54, 1.807) is 30.5 Å². The van der Waals surface area contributed by atoms with Crippen molar-refractivity contribution in [3.63, 3.8) is 0 Å². The van der Waals surface area contributed by atoms with Gasteiger partial charge >= 0.3 is 5.97 Å². The highest BCUT2D eigenvalue weighted by atomic mass is 32.2. The normalized spacial score (nSPS) is 19.4. The van der Waals surface area contributed by atoms with Gasteiger partial charge < -0.3 is 21.1 Å². The van der Waals surface area contributed by atoms with Gasteiger partial charge in [0, 0.05) is 39.7 Å². The molecular formula is C21H25N5O3S. The van der Waals surface area contributed by atoms with Gasteiger partial charge in [-0.25, -0.2) is 9.78 Å². The van der Waals surface area contributed by atoms with E-state index in [9.17, 15) is 14.3 Å². The number of nitrogens with one attached hydrogen (secondary N) is 2. The van der Waals surface area contributed by atoms with E-state index in [0.29, 0.717) is 16.4 Å². The highest BCUT2D eigenvalue weighted by Gasteiger charge is 2.25. The quantitative estimate of drug-likeness (QED) is 0.600. The Bertz CT molecular complexity index is 1000. The molecule has 3 unspecified atom stereocenters. The van der Waals surface area contributed by atoms with E-state index in [-0.39, 0.29) is 29.0 Å². The fourth-order valence-electron chi connectivity index (χ4n) is 3.52. The summed E-state index contributed by atoms with van der Waals surface area (Å²) in [5.74, 6) is -0.0243. The van der Waals surface area contributed by atoms with Crippen LogP contribution in [0.2, 0.25) is 0 Å². The van der Waals surface area contributed by atoms with Gasteiger partial charge in [-0.1, -0.05) is 18.9 Å². The van der Waals surface area contributed by atoms with Crippen LogP contribution in [0.5, 0.6) is 0 Å². The van der Waals surface area contributed by atoms with Crippen molar-refractivity contribution >= 4 is 34.1 Å². The van der Waals surface area contributed by atoms with Crippen LogP contribution in [0, 0.1) is 11.3 Å². The van der Waals surface area contributed by atoms with Gasteiger partial charge in [0.1, 0.15) is 23.3 Å². The summed E-state index contributed by atoms with van der Waals surface area (Å²) >= 11 is 0. The fraction of sp³-hybridized carbons (Fsp3) is 0.381. The van der Waals surface area contributed by atoms with Gasteiger partial charge in [-0.05, 0) is 37.1 Å². The minimum atomic E-state index is -1.16. The van der Waals surface area contributed by atoms with Crippen molar-refractivity contribution in [2.75, 3.05) is 24.0 Å². The predicted octanol–water partition coefficient (Wildman–Crippen LogP) is 2.90. The largest absolute Gasteiger partial charge is 0.465 e. The van der Waals surface area contributed by atoms with Crippen LogP contribution in [0.3, 0.4) is 0 Å². The minimum absolute atomic E-state index is 0.000932. The Hall–Kier alpha value is -2.96. The van der Waals surface area contributed by atoms with Gasteiger partial charge in [-0.2, -0.15) is 5.26 Å². The van der Waals surface area contributed by atoms with E-state index < -0.39 is 16.8 Å². The molecule has 30 heavy (non-hydrogen) atoms. The maximum atomic E-state index is 12.4. The van der Waals surface area contributed by atoms with Crippen molar-refractivity contribution in [2.45, 2.75) is 42.7 Å². The Morgan fingerprint density at radius 3 is 2.77 bits per heavy atom. The molecule has 0 aliphatic heterocycles. The summed E-state index contributed by atoms with van der Waals surface area (Å²) in [5, 5.41) is 16.0. The minimum Gasteiger partial charge on any atom is -0.465 e. The molecule has 1 aliphatic carbocycles. The Morgan fingerprint density at radius 1 is 1.33 bits per heavy atom. The predicted molar refractivity (Wildman–Crippen MR) is 116 cm³/mol. The summed E-state index contributed by atoms with van der Waals surface area (Å²) in [4.78, 5) is 17.6. The first-order valence-corrected chi connectivity index (χ1v) is 11.2. The van der Waals surface area contributed by atoms with Crippen LogP contribution >= 0.6 is 0 Å². The van der Waals surface area contributed by atoms with Crippen LogP contribution in [0.1, 0.15) is 41.6 Å². The fourth-order valence-corrected chi connectivity index (χ4v) is 4.09. The number of nitrogens with zero attached hydrogens (tertiary/aromatic N) is 2. The number of carbonyl (C=O) groups is 1. The number of pyridine rings is 1. The Kier molecular flexibility index (Phi) is 7.03. The number of methoxy groups -OCH3 is 1. The Labute approximate surface area is 178 Å². The molecule has 1 fully saturated rings. The van der Waals surface area contributed by atoms with Crippen LogP contribution in [0.15, 0.2) is 35.2 Å². The summed E-state index contributed by atoms with van der Waals surface area (Å²) in [6.07, 6.45) is 5.59. The number of hydrogen-bond acceptors (Lipinski definition) is 8. The number of anilines is 3. The van der Waals surface area contributed by atoms with Crippen molar-refractivity contribution in [3.05, 3.63) is 41.5 Å². The van der Waals surface area contributed by atoms with E-state index in [2.05, 4.69) is 21.7 Å². The van der Waals surface area contributed by atoms with E-state index in [4.69, 9.17) is 10.5 Å². The first-order valence-electron chi connectivity index (χ1n) is 9.69. The van der Waals surface area contributed by atoms with E-state index in [0.717, 1.165) is 25.7 Å². The molecule has 158 valence electrons. The van der Waals surface area contributed by atoms with Gasteiger partial charge in [0.05, 0.1) is 12.7 Å². The monoisotopic (exact) mass is 427 g/mol. The molecule has 1 saturated carbocycles. The van der Waals surface area contributed by atoms with Crippen LogP contribution in [-0.4, -0.2) is 40.6 Å². The number of nitrogens with two attached hydrogens (primary N) is 1. The molecule has 0 saturated heterocycles. The number of esters is 1. The summed E-state index contributed by atoms with van der Waals surface area (Å²) in [6, 6.07) is 10.6. The summed E-state index contributed by atoms with van der Waals surface area (Å²) in [6.45, 7) is 0. The van der Waals surface area contributed by atoms with Gasteiger partial charge in [-0.3, -0.25) is 4.21 Å². The standard InChI is InChI=1S/C21H25N5O3S/c1-29-21(27)19-13(12-22)10-18(25-17-9-4-3-8-16(17)23)26-20(19)24-14-6-5-7-15(11-14)30(2)28/h5-7,10-11,16-17H,3-4,8-9,23H2,1-2H3,(H2,24,25,26). The average Bonchev–Trinajstić information content (AvgIpc) is 2.74. The first-order chi connectivity index (χ1) is 14.4. The molecule has 0 amide bonds. The molecule has 8 nitrogen and oxygen atoms in total. The molecule has 9 heteroatoms. The average molecular weight is 428 g/mol. The van der Waals surface area contributed by atoms with Crippen molar-refractivity contribution in [1.82, 2.24) is 4.98 Å². The number of rotatable bonds is 6. The molecular weight excluding hydrogens is 402 g/mol. The summed E-state index contributed by atoms with van der Waals surface area (Å²) in [5.41, 5.74) is 7.01. The van der Waals surface area contributed by atoms with Crippen molar-refractivity contribution in [2.24, 2.45) is 5.73 Å². The zero-order valence-corrected chi connectivity index (χ0v) is 17.8. The van der Waals surface area contributed by atoms with Gasteiger partial charge in [0.2, 0.25) is 0 Å². The zero-order valence-electron chi connectivity index (χ0n) is 17.0. The molecule has 3 rings (SSSR count). The molecule has 1 aromatic carbocycles. The molecule has 0 radical (unpaired) electrons. The molecule has 1 aromatic heterocycles. The number of carbonyl (C=O) groups excluding carboxylic acids is 1. The van der Waals surface area contributed by atoms with Crippen LogP contribution in [0.4, 0.5) is 17.3 Å². The maximum absolute atomic E-state index is 12.4. The summed E-state index contributed by atoms with van der Waals surface area (Å²) in [7, 11) is 0.0883. The Morgan fingerprint density at radius 2 is 2.10 bits per heavy atom. The molecule has 3 atom stereocenters. The van der Waals surface area contributed by atoms with Crippen molar-refractivity contribution < 1.29 is 13.7 Å². The second-order valence-corrected chi connectivity index (χ2v) is 8.57. The lowest BCUT2D eigenvalue weighted by molar-refractivity contribution is 0.0601. The molecule has 1 aliphatic rings. The third kappa shape index (κ3) is 4.96. The molecule has 0 spiro atoms. The zero-order chi connectivity index (χ0) is 21.7. The lowest BCUT2D eigenvalue weighted by Crippen LogP contribution is -2.42. The highest BCUT2D eigenvalue weighted by Crippen LogP contribution is 2.28. The number of hydrogen-bond donors (Lipinski definition) is 3. The van der Waals surface area contributed by atoms with Gasteiger partial charge in [-0.15, -0.1) is 0 Å². The van der Waals surface area contributed by atoms with E-state index >= 15 is 0 Å². The topological polar surface area (TPSA) is 130 Å². The van der Waals surface area contributed by atoms with Gasteiger partial charge in [0.25, 0.3) is 0 Å². The van der Waals surface area contributed by atoms with Crippen LogP contribution in [0.25, 0.3) is 0 Å². The lowest BCUT2D eigenvalue weighted by Gasteiger charge is -2.30. The van der Waals surface area contributed by atoms with Crippen molar-refractivity contribution in [3.8, 4) is 6.07 Å². The third-order valence-electron chi connectivity index (χ3n) is 5.11. The maximum Gasteiger partial charge on any atom is 0.343 e. The first kappa shape index (κ1) is 21.7. The highest BCUT2D eigenvalue weighted by molar-refractivity contribution is 7.84. The SMILES string of the molecule is COC(=O)c1c(C#N)cc(NC2CCCCC2N)nc1Nc1cccc(S(C)=O)c1. The van der Waals surface area contributed by atoms with E-state index in [1.807, 2.05) is 0 Å². The third-order valence-corrected chi connectivity index (χ3v) is 6.03. The van der Waals surface area contributed by atoms with Crippen LogP contribution < -0.4 is 16.4 Å². The van der Waals surface area contributed by atoms with Crippen molar-refractivity contribution in [1.29, 1.82) is 5.26 Å². The summed E-state index contributed by atoms with van der Waals surface area (Å²) < 4.78 is 16.7. The molecule has 0 bridgehead atoms. The van der Waals surface area contributed by atoms with Crippen LogP contribution in [-0.2, 0) is 15.5 Å². The molecule has 1 heterocycles. The second kappa shape index (κ2) is 9.69. The number of aromatic nitrogens is 1. The van der Waals surface area contributed by atoms with Gasteiger partial charge in [0.15, 0.2) is 0 Å². The number of ether oxygens (including phenoxy) is 1.